The highest BCUT2D eigenvalue weighted by atomic mass is 16.2. The molecular formula is C18H27N3O2. The number of nitrogens with zero attached hydrogens (tertiary/aromatic N) is 2. The number of pyridine rings is 1. The van der Waals surface area contributed by atoms with Crippen molar-refractivity contribution in [3.8, 4) is 0 Å². The molecular weight excluding hydrogens is 290 g/mol. The molecule has 23 heavy (non-hydrogen) atoms. The van der Waals surface area contributed by atoms with Gasteiger partial charge < -0.3 is 10.2 Å². The van der Waals surface area contributed by atoms with E-state index in [0.717, 1.165) is 37.8 Å². The monoisotopic (exact) mass is 317 g/mol. The molecule has 5 nitrogen and oxygen atoms in total. The maximum atomic E-state index is 13.0. The van der Waals surface area contributed by atoms with Crippen LogP contribution in [0, 0.1) is 5.92 Å². The Bertz CT molecular complexity index is 536. The normalized spacial score (nSPS) is 24.0. The van der Waals surface area contributed by atoms with Gasteiger partial charge in [-0.05, 0) is 43.7 Å². The van der Waals surface area contributed by atoms with Crippen LogP contribution in [-0.2, 0) is 16.0 Å². The van der Waals surface area contributed by atoms with Gasteiger partial charge in [0.1, 0.15) is 5.54 Å². The second-order valence-electron chi connectivity index (χ2n) is 6.74. The van der Waals surface area contributed by atoms with E-state index in [4.69, 9.17) is 0 Å². The first-order chi connectivity index (χ1) is 10.9. The summed E-state index contributed by atoms with van der Waals surface area (Å²) in [6.45, 7) is 4.29. The second-order valence-corrected chi connectivity index (χ2v) is 6.74. The summed E-state index contributed by atoms with van der Waals surface area (Å²) < 4.78 is 0. The van der Waals surface area contributed by atoms with E-state index in [1.807, 2.05) is 25.2 Å². The minimum absolute atomic E-state index is 0.0236. The van der Waals surface area contributed by atoms with E-state index in [2.05, 4.69) is 17.2 Å². The van der Waals surface area contributed by atoms with Crippen LogP contribution < -0.4 is 5.32 Å². The molecule has 2 amide bonds. The summed E-state index contributed by atoms with van der Waals surface area (Å²) in [4.78, 5) is 30.6. The first-order valence-electron chi connectivity index (χ1n) is 8.37. The Labute approximate surface area is 138 Å². The molecule has 0 atom stereocenters. The van der Waals surface area contributed by atoms with E-state index in [1.54, 1.807) is 11.1 Å². The van der Waals surface area contributed by atoms with Gasteiger partial charge in [-0.25, -0.2) is 0 Å². The van der Waals surface area contributed by atoms with Crippen molar-refractivity contribution in [1.29, 1.82) is 0 Å². The Morgan fingerprint density at radius 2 is 2.04 bits per heavy atom. The minimum Gasteiger partial charge on any atom is -0.343 e. The highest BCUT2D eigenvalue weighted by Crippen LogP contribution is 2.33. The lowest BCUT2D eigenvalue weighted by Crippen LogP contribution is -2.60. The van der Waals surface area contributed by atoms with Gasteiger partial charge >= 0.3 is 0 Å². The lowest BCUT2D eigenvalue weighted by Gasteiger charge is -2.40. The number of nitrogens with one attached hydrogen (secondary N) is 1. The number of amides is 2. The Balaban J connectivity index is 2.02. The molecule has 1 N–H and O–H groups in total. The number of rotatable bonds is 5. The molecule has 0 radical (unpaired) electrons. The van der Waals surface area contributed by atoms with Crippen LogP contribution in [0.1, 0.15) is 45.2 Å². The number of hydrogen-bond acceptors (Lipinski definition) is 3. The Kier molecular flexibility index (Phi) is 5.74. The van der Waals surface area contributed by atoms with Gasteiger partial charge in [-0.2, -0.15) is 0 Å². The van der Waals surface area contributed by atoms with E-state index >= 15 is 0 Å². The standard InChI is InChI=1S/C18H27N3O2/c1-14-7-10-18(11-8-14,20-15(2)22)17(23)21(3)13-9-16-6-4-5-12-19-16/h4-6,12,14H,7-11,13H2,1-3H3,(H,20,22). The van der Waals surface area contributed by atoms with Crippen LogP contribution in [0.15, 0.2) is 24.4 Å². The molecule has 0 aromatic carbocycles. The summed E-state index contributed by atoms with van der Waals surface area (Å²) in [5, 5.41) is 2.95. The highest BCUT2D eigenvalue weighted by Gasteiger charge is 2.43. The summed E-state index contributed by atoms with van der Waals surface area (Å²) in [6, 6.07) is 5.79. The van der Waals surface area contributed by atoms with Crippen molar-refractivity contribution in [3.63, 3.8) is 0 Å². The average molecular weight is 317 g/mol. The highest BCUT2D eigenvalue weighted by molar-refractivity contribution is 5.91. The number of aromatic nitrogens is 1. The molecule has 1 heterocycles. The SMILES string of the molecule is CC(=O)NC1(C(=O)N(C)CCc2ccccn2)CCC(C)CC1. The Morgan fingerprint density at radius 1 is 1.35 bits per heavy atom. The van der Waals surface area contributed by atoms with Crippen molar-refractivity contribution in [1.82, 2.24) is 15.2 Å². The van der Waals surface area contributed by atoms with Crippen molar-refractivity contribution >= 4 is 11.8 Å². The summed E-state index contributed by atoms with van der Waals surface area (Å²) in [5.41, 5.74) is 0.245. The van der Waals surface area contributed by atoms with Crippen LogP contribution in [0.5, 0.6) is 0 Å². The average Bonchev–Trinajstić information content (AvgIpc) is 2.55. The molecule has 1 fully saturated rings. The number of hydrogen-bond donors (Lipinski definition) is 1. The fourth-order valence-electron chi connectivity index (χ4n) is 3.28. The van der Waals surface area contributed by atoms with E-state index in [0.29, 0.717) is 12.5 Å². The molecule has 1 aliphatic rings. The predicted octanol–water partition coefficient (Wildman–Crippen LogP) is 2.17. The maximum Gasteiger partial charge on any atom is 0.248 e. The van der Waals surface area contributed by atoms with Gasteiger partial charge in [-0.1, -0.05) is 13.0 Å². The second kappa shape index (κ2) is 7.57. The van der Waals surface area contributed by atoms with Crippen molar-refractivity contribution in [3.05, 3.63) is 30.1 Å². The summed E-state index contributed by atoms with van der Waals surface area (Å²) in [5.74, 6) is 0.505. The molecule has 0 bridgehead atoms. The molecule has 1 aliphatic carbocycles. The van der Waals surface area contributed by atoms with Crippen molar-refractivity contribution in [2.45, 2.75) is 51.5 Å². The van der Waals surface area contributed by atoms with Gasteiger partial charge in [-0.3, -0.25) is 14.6 Å². The van der Waals surface area contributed by atoms with E-state index < -0.39 is 5.54 Å². The third-order valence-corrected chi connectivity index (χ3v) is 4.73. The van der Waals surface area contributed by atoms with Gasteiger partial charge in [0.15, 0.2) is 0 Å². The molecule has 1 aromatic heterocycles. The Hall–Kier alpha value is -1.91. The predicted molar refractivity (Wildman–Crippen MR) is 89.8 cm³/mol. The smallest absolute Gasteiger partial charge is 0.248 e. The van der Waals surface area contributed by atoms with Crippen molar-refractivity contribution in [2.24, 2.45) is 5.92 Å². The lowest BCUT2D eigenvalue weighted by molar-refractivity contribution is -0.142. The third-order valence-electron chi connectivity index (χ3n) is 4.73. The van der Waals surface area contributed by atoms with Gasteiger partial charge in [-0.15, -0.1) is 0 Å². The molecule has 5 heteroatoms. The van der Waals surface area contributed by atoms with Crippen LogP contribution >= 0.6 is 0 Å². The first-order valence-corrected chi connectivity index (χ1v) is 8.37. The molecule has 126 valence electrons. The van der Waals surface area contributed by atoms with Gasteiger partial charge in [0.25, 0.3) is 0 Å². The largest absolute Gasteiger partial charge is 0.343 e. The zero-order valence-corrected chi connectivity index (χ0v) is 14.3. The van der Waals surface area contributed by atoms with Gasteiger partial charge in [0.05, 0.1) is 0 Å². The summed E-state index contributed by atoms with van der Waals surface area (Å²) >= 11 is 0. The van der Waals surface area contributed by atoms with Crippen LogP contribution in [-0.4, -0.2) is 40.8 Å². The fourth-order valence-corrected chi connectivity index (χ4v) is 3.28. The molecule has 0 saturated heterocycles. The topological polar surface area (TPSA) is 62.3 Å². The van der Waals surface area contributed by atoms with Crippen molar-refractivity contribution < 1.29 is 9.59 Å². The van der Waals surface area contributed by atoms with E-state index in [9.17, 15) is 9.59 Å². The van der Waals surface area contributed by atoms with Crippen LogP contribution in [0.2, 0.25) is 0 Å². The number of carbonyl (C=O) groups excluding carboxylic acids is 2. The fraction of sp³-hybridized carbons (Fsp3) is 0.611. The maximum absolute atomic E-state index is 13.0. The zero-order valence-electron chi connectivity index (χ0n) is 14.3. The third kappa shape index (κ3) is 4.53. The molecule has 1 aromatic rings. The molecule has 0 unspecified atom stereocenters. The van der Waals surface area contributed by atoms with Gasteiger partial charge in [0.2, 0.25) is 11.8 Å². The van der Waals surface area contributed by atoms with Crippen molar-refractivity contribution in [2.75, 3.05) is 13.6 Å². The van der Waals surface area contributed by atoms with E-state index in [1.165, 1.54) is 6.92 Å². The molecule has 0 spiro atoms. The van der Waals surface area contributed by atoms with Crippen LogP contribution in [0.3, 0.4) is 0 Å². The molecule has 2 rings (SSSR count). The first kappa shape index (κ1) is 17.4. The van der Waals surface area contributed by atoms with Crippen LogP contribution in [0.4, 0.5) is 0 Å². The lowest BCUT2D eigenvalue weighted by atomic mass is 9.76. The van der Waals surface area contributed by atoms with Gasteiger partial charge in [0, 0.05) is 38.8 Å². The Morgan fingerprint density at radius 3 is 2.61 bits per heavy atom. The quantitative estimate of drug-likeness (QED) is 0.905. The zero-order chi connectivity index (χ0) is 16.9. The minimum atomic E-state index is -0.725. The molecule has 0 aliphatic heterocycles. The number of carbonyl (C=O) groups is 2. The van der Waals surface area contributed by atoms with Crippen LogP contribution in [0.25, 0.3) is 0 Å². The number of likely N-dealkylation sites (N-methyl/N-ethyl adjacent to an activating group) is 1. The summed E-state index contributed by atoms with van der Waals surface area (Å²) in [6.07, 6.45) is 5.87. The molecule has 1 saturated carbocycles. The summed E-state index contributed by atoms with van der Waals surface area (Å²) in [7, 11) is 1.81. The van der Waals surface area contributed by atoms with E-state index in [-0.39, 0.29) is 11.8 Å².